The zero-order chi connectivity index (χ0) is 10.1. The van der Waals surface area contributed by atoms with Gasteiger partial charge in [-0.1, -0.05) is 24.6 Å². The first-order chi connectivity index (χ1) is 6.16. The van der Waals surface area contributed by atoms with E-state index in [0.29, 0.717) is 5.92 Å². The highest BCUT2D eigenvalue weighted by Gasteiger charge is 1.97. The third kappa shape index (κ3) is 8.88. The highest BCUT2D eigenvalue weighted by atomic mass is 14.2. The Labute approximate surface area is 81.8 Å². The zero-order valence-corrected chi connectivity index (χ0v) is 8.88. The Hall–Kier alpha value is -1.03. The molecule has 1 atom stereocenters. The van der Waals surface area contributed by atoms with Gasteiger partial charge in [-0.05, 0) is 39.0 Å². The van der Waals surface area contributed by atoms with Crippen LogP contribution in [0.25, 0.3) is 0 Å². The van der Waals surface area contributed by atoms with Crippen LogP contribution < -0.4 is 0 Å². The Morgan fingerprint density at radius 3 is 2.69 bits per heavy atom. The van der Waals surface area contributed by atoms with Crippen LogP contribution in [0.3, 0.4) is 0 Å². The maximum atomic E-state index is 8.28. The molecule has 0 spiro atoms. The molecule has 0 aliphatic rings. The second-order valence-corrected chi connectivity index (χ2v) is 3.73. The summed E-state index contributed by atoms with van der Waals surface area (Å²) in [4.78, 5) is 0. The third-order valence-electron chi connectivity index (χ3n) is 1.94. The molecule has 1 nitrogen and oxygen atoms in total. The molecule has 0 N–H and O–H groups in total. The van der Waals surface area contributed by atoms with Gasteiger partial charge in [0.15, 0.2) is 0 Å². The average Bonchev–Trinajstić information content (AvgIpc) is 2.04. The molecule has 0 amide bonds. The number of hydrogen-bond acceptors (Lipinski definition) is 1. The molecule has 0 saturated carbocycles. The average molecular weight is 177 g/mol. The van der Waals surface area contributed by atoms with Crippen molar-refractivity contribution in [2.75, 3.05) is 0 Å². The van der Waals surface area contributed by atoms with Crippen molar-refractivity contribution >= 4 is 0 Å². The quantitative estimate of drug-likeness (QED) is 0.462. The number of nitrogens with zero attached hydrogens (tertiary/aromatic N) is 1. The lowest BCUT2D eigenvalue weighted by Gasteiger charge is -2.05. The van der Waals surface area contributed by atoms with Gasteiger partial charge < -0.3 is 0 Å². The predicted molar refractivity (Wildman–Crippen MR) is 57.2 cm³/mol. The largest absolute Gasteiger partial charge is 0.193 e. The van der Waals surface area contributed by atoms with Crippen molar-refractivity contribution in [1.82, 2.24) is 0 Å². The van der Waals surface area contributed by atoms with E-state index in [1.807, 2.05) is 12.1 Å². The molecule has 1 heteroatoms. The van der Waals surface area contributed by atoms with Gasteiger partial charge in [-0.3, -0.25) is 0 Å². The van der Waals surface area contributed by atoms with Crippen LogP contribution in [0.5, 0.6) is 0 Å². The van der Waals surface area contributed by atoms with E-state index in [4.69, 9.17) is 5.26 Å². The lowest BCUT2D eigenvalue weighted by atomic mass is 10.0. The van der Waals surface area contributed by atoms with Crippen LogP contribution in [0, 0.1) is 17.2 Å². The summed E-state index contributed by atoms with van der Waals surface area (Å²) in [5, 5.41) is 8.28. The van der Waals surface area contributed by atoms with E-state index in [1.165, 1.54) is 12.0 Å². The molecule has 0 unspecified atom stereocenters. The summed E-state index contributed by atoms with van der Waals surface area (Å²) in [5.41, 5.74) is 1.39. The monoisotopic (exact) mass is 177 g/mol. The van der Waals surface area contributed by atoms with Crippen LogP contribution in [0.4, 0.5) is 0 Å². The van der Waals surface area contributed by atoms with Crippen LogP contribution in [-0.4, -0.2) is 0 Å². The summed E-state index contributed by atoms with van der Waals surface area (Å²) in [7, 11) is 0. The molecule has 0 aromatic rings. The van der Waals surface area contributed by atoms with Gasteiger partial charge in [0.05, 0.1) is 6.07 Å². The van der Waals surface area contributed by atoms with Crippen molar-refractivity contribution in [3.8, 4) is 6.07 Å². The fraction of sp³-hybridized carbons (Fsp3) is 0.583. The second kappa shape index (κ2) is 7.61. The molecule has 0 fully saturated rings. The van der Waals surface area contributed by atoms with Gasteiger partial charge in [0.2, 0.25) is 0 Å². The maximum Gasteiger partial charge on any atom is 0.0908 e. The van der Waals surface area contributed by atoms with Gasteiger partial charge in [0.25, 0.3) is 0 Å². The Kier molecular flexibility index (Phi) is 7.01. The molecular formula is C12H19N. The van der Waals surface area contributed by atoms with E-state index in [2.05, 4.69) is 26.8 Å². The number of nitriles is 1. The van der Waals surface area contributed by atoms with Crippen LogP contribution in [0.15, 0.2) is 23.8 Å². The summed E-state index contributed by atoms with van der Waals surface area (Å²) in [6, 6.07) is 2.00. The molecular weight excluding hydrogens is 158 g/mol. The van der Waals surface area contributed by atoms with Crippen LogP contribution >= 0.6 is 0 Å². The molecule has 0 rings (SSSR count). The SMILES string of the molecule is CC(C)=CCC[C@H](C)C/C=C\C#N. The molecule has 13 heavy (non-hydrogen) atoms. The van der Waals surface area contributed by atoms with Crippen molar-refractivity contribution in [2.24, 2.45) is 5.92 Å². The van der Waals surface area contributed by atoms with Crippen LogP contribution in [0.1, 0.15) is 40.0 Å². The highest BCUT2D eigenvalue weighted by molar-refractivity contribution is 5.01. The Bertz CT molecular complexity index is 214. The number of rotatable bonds is 5. The minimum absolute atomic E-state index is 0.681. The molecule has 0 radical (unpaired) electrons. The smallest absolute Gasteiger partial charge is 0.0908 e. The summed E-state index contributed by atoms with van der Waals surface area (Å²) < 4.78 is 0. The van der Waals surface area contributed by atoms with E-state index in [-0.39, 0.29) is 0 Å². The van der Waals surface area contributed by atoms with Crippen molar-refractivity contribution in [3.63, 3.8) is 0 Å². The van der Waals surface area contributed by atoms with Crippen LogP contribution in [0.2, 0.25) is 0 Å². The fourth-order valence-electron chi connectivity index (χ4n) is 1.13. The predicted octanol–water partition coefficient (Wildman–Crippen LogP) is 3.84. The topological polar surface area (TPSA) is 23.8 Å². The van der Waals surface area contributed by atoms with E-state index in [1.54, 1.807) is 6.08 Å². The second-order valence-electron chi connectivity index (χ2n) is 3.73. The van der Waals surface area contributed by atoms with E-state index >= 15 is 0 Å². The summed E-state index contributed by atoms with van der Waals surface area (Å²) in [5.74, 6) is 0.681. The maximum absolute atomic E-state index is 8.28. The standard InChI is InChI=1S/C12H19N/c1-11(2)7-6-9-12(3)8-4-5-10-13/h4-5,7,12H,6,8-9H2,1-3H3/b5-4-/t12-/m1/s1. The van der Waals surface area contributed by atoms with Gasteiger partial charge in [0, 0.05) is 6.08 Å². The third-order valence-corrected chi connectivity index (χ3v) is 1.94. The first kappa shape index (κ1) is 12.0. The van der Waals surface area contributed by atoms with Gasteiger partial charge in [-0.25, -0.2) is 0 Å². The number of allylic oxidation sites excluding steroid dienone is 4. The minimum atomic E-state index is 0.681. The molecule has 0 heterocycles. The van der Waals surface area contributed by atoms with E-state index in [0.717, 1.165) is 12.8 Å². The first-order valence-corrected chi connectivity index (χ1v) is 4.84. The molecule has 0 saturated heterocycles. The minimum Gasteiger partial charge on any atom is -0.193 e. The van der Waals surface area contributed by atoms with E-state index in [9.17, 15) is 0 Å². The van der Waals surface area contributed by atoms with Gasteiger partial charge in [-0.15, -0.1) is 0 Å². The molecule has 0 aliphatic carbocycles. The normalized spacial score (nSPS) is 12.5. The summed E-state index contributed by atoms with van der Waals surface area (Å²) in [6.45, 7) is 6.47. The molecule has 0 bridgehead atoms. The Morgan fingerprint density at radius 2 is 2.15 bits per heavy atom. The van der Waals surface area contributed by atoms with Crippen molar-refractivity contribution in [2.45, 2.75) is 40.0 Å². The summed E-state index contributed by atoms with van der Waals surface area (Å²) >= 11 is 0. The van der Waals surface area contributed by atoms with E-state index < -0.39 is 0 Å². The first-order valence-electron chi connectivity index (χ1n) is 4.84. The molecule has 0 aliphatic heterocycles. The van der Waals surface area contributed by atoms with Crippen LogP contribution in [-0.2, 0) is 0 Å². The Morgan fingerprint density at radius 1 is 1.46 bits per heavy atom. The van der Waals surface area contributed by atoms with Crippen molar-refractivity contribution in [3.05, 3.63) is 23.8 Å². The Balaban J connectivity index is 3.53. The molecule has 0 aromatic carbocycles. The number of hydrogen-bond donors (Lipinski definition) is 0. The van der Waals surface area contributed by atoms with Crippen molar-refractivity contribution < 1.29 is 0 Å². The fourth-order valence-corrected chi connectivity index (χ4v) is 1.13. The summed E-state index contributed by atoms with van der Waals surface area (Å²) in [6.07, 6.45) is 9.17. The lowest BCUT2D eigenvalue weighted by Crippen LogP contribution is -1.91. The molecule has 0 aromatic heterocycles. The highest BCUT2D eigenvalue weighted by Crippen LogP contribution is 2.11. The molecule has 72 valence electrons. The van der Waals surface area contributed by atoms with Gasteiger partial charge in [0.1, 0.15) is 0 Å². The lowest BCUT2D eigenvalue weighted by molar-refractivity contribution is 0.546. The van der Waals surface area contributed by atoms with Gasteiger partial charge >= 0.3 is 0 Å². The van der Waals surface area contributed by atoms with Gasteiger partial charge in [-0.2, -0.15) is 5.26 Å². The zero-order valence-electron chi connectivity index (χ0n) is 8.88. The van der Waals surface area contributed by atoms with Crippen molar-refractivity contribution in [1.29, 1.82) is 5.26 Å².